The van der Waals surface area contributed by atoms with Gasteiger partial charge in [0.1, 0.15) is 12.4 Å². The van der Waals surface area contributed by atoms with Gasteiger partial charge in [0.15, 0.2) is 6.10 Å². The first-order chi connectivity index (χ1) is 15.9. The van der Waals surface area contributed by atoms with E-state index in [-0.39, 0.29) is 5.78 Å². The van der Waals surface area contributed by atoms with Crippen molar-refractivity contribution in [3.63, 3.8) is 0 Å². The van der Waals surface area contributed by atoms with Crippen molar-refractivity contribution in [1.29, 1.82) is 0 Å². The van der Waals surface area contributed by atoms with Crippen LogP contribution in [0.2, 0.25) is 0 Å². The number of fused-ring (bicyclic) bond motifs is 2. The van der Waals surface area contributed by atoms with Crippen LogP contribution in [0.15, 0.2) is 41.3 Å². The fraction of sp³-hybridized carbons (Fsp3) is 0.375. The highest BCUT2D eigenvalue weighted by molar-refractivity contribution is 7.98. The molecule has 0 radical (unpaired) electrons. The number of amides is 1. The maximum atomic E-state index is 13.8. The molecule has 1 unspecified atom stereocenters. The number of nitrogens with one attached hydrogen (secondary N) is 2. The van der Waals surface area contributed by atoms with E-state index in [4.69, 9.17) is 15.6 Å². The maximum Gasteiger partial charge on any atom is 0.294 e. The number of Topliss-reactive ketones (excluding diaryl/α,β-unsaturated/α-hetero) is 2. The minimum Gasteiger partial charge on any atom is -0.481 e. The summed E-state index contributed by atoms with van der Waals surface area (Å²) in [6.45, 7) is 1.07. The van der Waals surface area contributed by atoms with Crippen LogP contribution in [0.5, 0.6) is 5.75 Å². The second-order valence-electron chi connectivity index (χ2n) is 8.29. The number of benzene rings is 2. The van der Waals surface area contributed by atoms with Crippen LogP contribution in [0.4, 0.5) is 5.69 Å². The van der Waals surface area contributed by atoms with E-state index in [1.165, 1.54) is 11.8 Å². The summed E-state index contributed by atoms with van der Waals surface area (Å²) in [5.41, 5.74) is 8.13. The van der Waals surface area contributed by atoms with Crippen molar-refractivity contribution in [1.82, 2.24) is 5.32 Å². The van der Waals surface area contributed by atoms with E-state index >= 15 is 0 Å². The van der Waals surface area contributed by atoms with Gasteiger partial charge in [0.25, 0.3) is 5.91 Å². The Kier molecular flexibility index (Phi) is 6.85. The maximum absolute atomic E-state index is 13.8. The Hall–Kier alpha value is -2.72. The zero-order valence-corrected chi connectivity index (χ0v) is 19.2. The molecule has 2 heterocycles. The molecule has 0 aliphatic carbocycles. The van der Waals surface area contributed by atoms with Gasteiger partial charge in [0.2, 0.25) is 11.6 Å². The van der Waals surface area contributed by atoms with E-state index in [9.17, 15) is 14.4 Å². The zero-order valence-electron chi connectivity index (χ0n) is 18.3. The lowest BCUT2D eigenvalue weighted by molar-refractivity contribution is -0.136. The van der Waals surface area contributed by atoms with Crippen LogP contribution < -0.4 is 21.1 Å². The summed E-state index contributed by atoms with van der Waals surface area (Å²) in [7, 11) is 0. The van der Waals surface area contributed by atoms with E-state index in [2.05, 4.69) is 16.7 Å². The summed E-state index contributed by atoms with van der Waals surface area (Å²) in [5, 5.41) is 14.8. The molecule has 1 fully saturated rings. The van der Waals surface area contributed by atoms with Crippen molar-refractivity contribution >= 4 is 34.9 Å². The number of hydrogen-bond donors (Lipinski definition) is 4. The second kappa shape index (κ2) is 9.64. The number of aliphatic hydroxyl groups excluding tert-OH is 1. The third kappa shape index (κ3) is 4.41. The molecule has 5 N–H and O–H groups in total. The predicted octanol–water partition coefficient (Wildman–Crippen LogP) is 1.63. The van der Waals surface area contributed by atoms with Crippen LogP contribution in [0, 0.1) is 0 Å². The molecule has 33 heavy (non-hydrogen) atoms. The van der Waals surface area contributed by atoms with Crippen LogP contribution in [0.3, 0.4) is 0 Å². The first-order valence-corrected chi connectivity index (χ1v) is 12.0. The van der Waals surface area contributed by atoms with Crippen molar-refractivity contribution < 1.29 is 24.2 Å². The monoisotopic (exact) mass is 469 g/mol. The Balaban J connectivity index is 1.71. The number of carbonyl (C=O) groups is 3. The summed E-state index contributed by atoms with van der Waals surface area (Å²) in [4.78, 5) is 38.1. The van der Waals surface area contributed by atoms with Gasteiger partial charge in [-0.2, -0.15) is 0 Å². The Morgan fingerprint density at radius 1 is 1.21 bits per heavy atom. The van der Waals surface area contributed by atoms with Gasteiger partial charge in [-0.05, 0) is 62.0 Å². The third-order valence-corrected chi connectivity index (χ3v) is 7.09. The first kappa shape index (κ1) is 23.4. The molecule has 4 rings (SSSR count). The first-order valence-electron chi connectivity index (χ1n) is 10.8. The molecular formula is C24H27N3O5S. The Morgan fingerprint density at radius 3 is 2.64 bits per heavy atom. The lowest BCUT2D eigenvalue weighted by Crippen LogP contribution is -2.50. The number of thioether (sulfide) groups is 1. The number of ether oxygens (including phenoxy) is 1. The molecule has 2 aromatic rings. The number of hydrogen-bond acceptors (Lipinski definition) is 8. The highest BCUT2D eigenvalue weighted by atomic mass is 32.2. The largest absolute Gasteiger partial charge is 0.481 e. The number of rotatable bonds is 7. The summed E-state index contributed by atoms with van der Waals surface area (Å²) in [5.74, 6) is -1.35. The van der Waals surface area contributed by atoms with Crippen LogP contribution >= 0.6 is 11.8 Å². The van der Waals surface area contributed by atoms with Gasteiger partial charge in [0.05, 0.1) is 0 Å². The van der Waals surface area contributed by atoms with E-state index in [0.29, 0.717) is 23.5 Å². The van der Waals surface area contributed by atoms with E-state index in [1.54, 1.807) is 18.2 Å². The molecule has 0 aromatic heterocycles. The smallest absolute Gasteiger partial charge is 0.294 e. The molecule has 2 aliphatic heterocycles. The number of nitrogens with two attached hydrogens (primary N) is 1. The van der Waals surface area contributed by atoms with Gasteiger partial charge in [0, 0.05) is 33.7 Å². The molecule has 174 valence electrons. The molecule has 9 heteroatoms. The molecule has 0 saturated carbocycles. The molecule has 8 nitrogen and oxygen atoms in total. The minimum atomic E-state index is -0.948. The molecule has 2 aromatic carbocycles. The number of ketones is 2. The van der Waals surface area contributed by atoms with Crippen LogP contribution in [0.25, 0.3) is 0 Å². The van der Waals surface area contributed by atoms with E-state index in [0.717, 1.165) is 42.0 Å². The fourth-order valence-electron chi connectivity index (χ4n) is 4.64. The highest BCUT2D eigenvalue weighted by Gasteiger charge is 2.52. The summed E-state index contributed by atoms with van der Waals surface area (Å²) < 4.78 is 6.27. The van der Waals surface area contributed by atoms with Gasteiger partial charge in [-0.3, -0.25) is 14.4 Å². The molecule has 1 spiro atoms. The topological polar surface area (TPSA) is 131 Å². The number of anilines is 1. The van der Waals surface area contributed by atoms with Gasteiger partial charge < -0.3 is 26.2 Å². The lowest BCUT2D eigenvalue weighted by Gasteiger charge is -2.37. The Morgan fingerprint density at radius 2 is 1.97 bits per heavy atom. The van der Waals surface area contributed by atoms with Crippen molar-refractivity contribution in [2.45, 2.75) is 35.8 Å². The van der Waals surface area contributed by atoms with E-state index in [1.807, 2.05) is 18.4 Å². The average molecular weight is 470 g/mol. The molecule has 1 atom stereocenters. The average Bonchev–Trinajstić information content (AvgIpc) is 3.15. The minimum absolute atomic E-state index is 0.178. The fourth-order valence-corrected chi connectivity index (χ4v) is 5.13. The SMILES string of the molecule is CSc1cc(NC(=O)C(=O)CO)cc(C(=O)C2Oc3ccc(CN)cc3C23CCNCC3)c1. The lowest BCUT2D eigenvalue weighted by atomic mass is 9.68. The van der Waals surface area contributed by atoms with Crippen LogP contribution in [-0.2, 0) is 21.5 Å². The van der Waals surface area contributed by atoms with Crippen molar-refractivity contribution in [2.24, 2.45) is 5.73 Å². The summed E-state index contributed by atoms with van der Waals surface area (Å²) >= 11 is 1.42. The standard InChI is InChI=1S/C24H27N3O5S/c1-33-17-10-15(9-16(11-17)27-23(31)19(29)13-28)21(30)22-24(4-6-26-7-5-24)18-8-14(12-25)2-3-20(18)32-22/h2-3,8-11,22,26,28H,4-7,12-13,25H2,1H3,(H,27,31). The van der Waals surface area contributed by atoms with Gasteiger partial charge >= 0.3 is 0 Å². The third-order valence-electron chi connectivity index (χ3n) is 6.38. The molecule has 0 bridgehead atoms. The normalized spacial score (nSPS) is 18.5. The summed E-state index contributed by atoms with van der Waals surface area (Å²) in [6.07, 6.45) is 2.66. The number of piperidine rings is 1. The molecular weight excluding hydrogens is 442 g/mol. The number of carbonyl (C=O) groups excluding carboxylic acids is 3. The van der Waals surface area contributed by atoms with Gasteiger partial charge in [-0.25, -0.2) is 0 Å². The van der Waals surface area contributed by atoms with Crippen molar-refractivity contribution in [3.05, 3.63) is 53.1 Å². The van der Waals surface area contributed by atoms with Crippen LogP contribution in [-0.4, -0.2) is 54.6 Å². The van der Waals surface area contributed by atoms with Crippen molar-refractivity contribution in [2.75, 3.05) is 31.3 Å². The molecule has 1 saturated heterocycles. The Labute approximate surface area is 196 Å². The molecule has 1 amide bonds. The summed E-state index contributed by atoms with van der Waals surface area (Å²) in [6, 6.07) is 10.9. The highest BCUT2D eigenvalue weighted by Crippen LogP contribution is 2.49. The number of aliphatic hydroxyl groups is 1. The van der Waals surface area contributed by atoms with Crippen LogP contribution in [0.1, 0.15) is 34.3 Å². The van der Waals surface area contributed by atoms with Gasteiger partial charge in [-0.15, -0.1) is 11.8 Å². The van der Waals surface area contributed by atoms with Crippen molar-refractivity contribution in [3.8, 4) is 5.75 Å². The van der Waals surface area contributed by atoms with Gasteiger partial charge in [-0.1, -0.05) is 12.1 Å². The Bertz CT molecular complexity index is 1100. The predicted molar refractivity (Wildman–Crippen MR) is 126 cm³/mol. The quantitative estimate of drug-likeness (QED) is 0.273. The second-order valence-corrected chi connectivity index (χ2v) is 9.17. The van der Waals surface area contributed by atoms with E-state index < -0.39 is 29.8 Å². The zero-order chi connectivity index (χ0) is 23.6. The molecule has 2 aliphatic rings.